The lowest BCUT2D eigenvalue weighted by Crippen LogP contribution is -2.28. The zero-order chi connectivity index (χ0) is 8.10. The van der Waals surface area contributed by atoms with Crippen molar-refractivity contribution in [3.63, 3.8) is 0 Å². The highest BCUT2D eigenvalue weighted by Crippen LogP contribution is 2.10. The lowest BCUT2D eigenvalue weighted by Gasteiger charge is -2.04. The average Bonchev–Trinajstić information content (AvgIpc) is 2.03. The normalized spacial score (nSPS) is 9.64. The van der Waals surface area contributed by atoms with E-state index in [4.69, 9.17) is 5.84 Å². The van der Waals surface area contributed by atoms with Gasteiger partial charge in [0.15, 0.2) is 0 Å². The Morgan fingerprint density at radius 1 is 1.36 bits per heavy atom. The molecule has 0 saturated carbocycles. The third kappa shape index (κ3) is 2.18. The summed E-state index contributed by atoms with van der Waals surface area (Å²) in [7, 11) is 0. The lowest BCUT2D eigenvalue weighted by atomic mass is 10.3. The minimum atomic E-state index is -0.275. The van der Waals surface area contributed by atoms with Crippen LogP contribution in [0.2, 0.25) is 0 Å². The highest BCUT2D eigenvalue weighted by atomic mass is 19.1. The first kappa shape index (κ1) is 7.97. The monoisotopic (exact) mass is 155 g/mol. The molecular weight excluding hydrogens is 145 g/mol. The van der Waals surface area contributed by atoms with E-state index in [2.05, 4.69) is 10.7 Å². The second kappa shape index (κ2) is 3.90. The number of hydrogen-bond acceptors (Lipinski definition) is 3. The molecule has 0 amide bonds. The van der Waals surface area contributed by atoms with Crippen molar-refractivity contribution >= 4 is 5.69 Å². The number of nitrogens with one attached hydrogen (secondary N) is 2. The lowest BCUT2D eigenvalue weighted by molar-refractivity contribution is 0.628. The predicted octanol–water partition coefficient (Wildman–Crippen LogP) is 0.658. The molecule has 1 rings (SSSR count). The van der Waals surface area contributed by atoms with Gasteiger partial charge >= 0.3 is 0 Å². The molecule has 0 spiro atoms. The molecule has 0 radical (unpaired) electrons. The summed E-state index contributed by atoms with van der Waals surface area (Å²) in [6, 6.07) is 6.42. The molecule has 0 fully saturated rings. The summed E-state index contributed by atoms with van der Waals surface area (Å²) < 4.78 is 12.8. The molecular formula is C7H10FN3. The van der Waals surface area contributed by atoms with Crippen LogP contribution in [0.4, 0.5) is 10.1 Å². The molecule has 3 nitrogen and oxygen atoms in total. The molecule has 0 unspecified atom stereocenters. The molecule has 0 heterocycles. The van der Waals surface area contributed by atoms with Crippen LogP contribution in [0.5, 0.6) is 0 Å². The van der Waals surface area contributed by atoms with Gasteiger partial charge in [0.1, 0.15) is 5.82 Å². The van der Waals surface area contributed by atoms with E-state index >= 15 is 0 Å². The van der Waals surface area contributed by atoms with Crippen LogP contribution in [0.3, 0.4) is 0 Å². The highest BCUT2D eigenvalue weighted by Gasteiger charge is 1.96. The third-order valence-electron chi connectivity index (χ3n) is 1.25. The molecule has 0 aliphatic rings. The second-order valence-electron chi connectivity index (χ2n) is 2.04. The average molecular weight is 155 g/mol. The number of halogens is 1. The van der Waals surface area contributed by atoms with E-state index < -0.39 is 0 Å². The maximum atomic E-state index is 12.8. The first-order valence-electron chi connectivity index (χ1n) is 3.26. The van der Waals surface area contributed by atoms with Gasteiger partial charge in [-0.1, -0.05) is 12.1 Å². The summed E-state index contributed by atoms with van der Waals surface area (Å²) in [6.45, 7) is 0.348. The van der Waals surface area contributed by atoms with Crippen LogP contribution in [0, 0.1) is 5.82 Å². The van der Waals surface area contributed by atoms with Gasteiger partial charge in [0.25, 0.3) is 0 Å². The molecule has 0 aliphatic heterocycles. The van der Waals surface area contributed by atoms with Crippen molar-refractivity contribution in [2.24, 2.45) is 5.84 Å². The number of hydrogen-bond donors (Lipinski definition) is 3. The molecule has 11 heavy (non-hydrogen) atoms. The molecule has 4 N–H and O–H groups in total. The summed E-state index contributed by atoms with van der Waals surface area (Å²) in [5.74, 6) is 4.72. The predicted molar refractivity (Wildman–Crippen MR) is 42.2 cm³/mol. The number of anilines is 1. The molecule has 0 saturated heterocycles. The fourth-order valence-electron chi connectivity index (χ4n) is 0.751. The van der Waals surface area contributed by atoms with E-state index in [1.807, 2.05) is 0 Å². The van der Waals surface area contributed by atoms with Crippen LogP contribution in [0.15, 0.2) is 24.3 Å². The Morgan fingerprint density at radius 2 is 2.09 bits per heavy atom. The molecule has 0 aromatic heterocycles. The molecule has 1 aromatic rings. The quantitative estimate of drug-likeness (QED) is 0.341. The van der Waals surface area contributed by atoms with E-state index in [1.165, 1.54) is 6.07 Å². The van der Waals surface area contributed by atoms with Crippen molar-refractivity contribution in [1.29, 1.82) is 0 Å². The molecule has 60 valence electrons. The Balaban J connectivity index is 2.62. The van der Waals surface area contributed by atoms with E-state index in [0.29, 0.717) is 12.4 Å². The first-order chi connectivity index (χ1) is 5.34. The topological polar surface area (TPSA) is 50.1 Å². The largest absolute Gasteiger partial charge is 0.369 e. The minimum absolute atomic E-state index is 0.275. The summed E-state index contributed by atoms with van der Waals surface area (Å²) in [4.78, 5) is 0. The van der Waals surface area contributed by atoms with E-state index in [1.54, 1.807) is 18.2 Å². The van der Waals surface area contributed by atoms with Gasteiger partial charge in [-0.2, -0.15) is 0 Å². The fourth-order valence-corrected chi connectivity index (χ4v) is 0.751. The van der Waals surface area contributed by atoms with Gasteiger partial charge in [-0.25, -0.2) is 9.82 Å². The van der Waals surface area contributed by atoms with E-state index in [-0.39, 0.29) is 5.82 Å². The Morgan fingerprint density at radius 3 is 2.73 bits per heavy atom. The SMILES string of the molecule is NNCNc1ccccc1F. The summed E-state index contributed by atoms with van der Waals surface area (Å²) >= 11 is 0. The Hall–Kier alpha value is -1.13. The molecule has 0 aliphatic carbocycles. The van der Waals surface area contributed by atoms with Crippen molar-refractivity contribution in [3.8, 4) is 0 Å². The number of benzene rings is 1. The highest BCUT2D eigenvalue weighted by molar-refractivity contribution is 5.43. The fraction of sp³-hybridized carbons (Fsp3) is 0.143. The van der Waals surface area contributed by atoms with Crippen molar-refractivity contribution in [2.75, 3.05) is 12.0 Å². The zero-order valence-electron chi connectivity index (χ0n) is 5.97. The summed E-state index contributed by atoms with van der Waals surface area (Å²) in [5.41, 5.74) is 2.82. The standard InChI is InChI=1S/C7H10FN3/c8-6-3-1-2-4-7(6)10-5-11-9/h1-4,10-11H,5,9H2. The Labute approximate surface area is 64.4 Å². The molecule has 1 aromatic carbocycles. The van der Waals surface area contributed by atoms with Gasteiger partial charge in [-0.15, -0.1) is 0 Å². The van der Waals surface area contributed by atoms with E-state index in [0.717, 1.165) is 0 Å². The van der Waals surface area contributed by atoms with Crippen molar-refractivity contribution in [3.05, 3.63) is 30.1 Å². The smallest absolute Gasteiger partial charge is 0.146 e. The van der Waals surface area contributed by atoms with Gasteiger partial charge in [0, 0.05) is 0 Å². The summed E-state index contributed by atoms with van der Waals surface area (Å²) in [5, 5.41) is 2.75. The third-order valence-corrected chi connectivity index (χ3v) is 1.25. The van der Waals surface area contributed by atoms with Crippen LogP contribution in [0.25, 0.3) is 0 Å². The van der Waals surface area contributed by atoms with Crippen LogP contribution in [-0.2, 0) is 0 Å². The minimum Gasteiger partial charge on any atom is -0.369 e. The Bertz CT molecular complexity index is 227. The number of nitrogens with two attached hydrogens (primary N) is 1. The summed E-state index contributed by atoms with van der Waals surface area (Å²) in [6.07, 6.45) is 0. The number of para-hydroxylation sites is 1. The van der Waals surface area contributed by atoms with E-state index in [9.17, 15) is 4.39 Å². The zero-order valence-corrected chi connectivity index (χ0v) is 5.97. The van der Waals surface area contributed by atoms with Gasteiger partial charge < -0.3 is 5.32 Å². The molecule has 4 heteroatoms. The maximum Gasteiger partial charge on any atom is 0.146 e. The Kier molecular flexibility index (Phi) is 2.83. The molecule has 0 bridgehead atoms. The molecule has 0 atom stereocenters. The van der Waals surface area contributed by atoms with Gasteiger partial charge in [0.2, 0.25) is 0 Å². The van der Waals surface area contributed by atoms with Crippen LogP contribution in [-0.4, -0.2) is 6.67 Å². The van der Waals surface area contributed by atoms with Crippen molar-refractivity contribution in [2.45, 2.75) is 0 Å². The van der Waals surface area contributed by atoms with Crippen LogP contribution >= 0.6 is 0 Å². The van der Waals surface area contributed by atoms with Gasteiger partial charge in [-0.3, -0.25) is 5.84 Å². The van der Waals surface area contributed by atoms with Gasteiger partial charge in [0.05, 0.1) is 12.4 Å². The number of hydrazine groups is 1. The number of rotatable bonds is 3. The van der Waals surface area contributed by atoms with Gasteiger partial charge in [-0.05, 0) is 12.1 Å². The van der Waals surface area contributed by atoms with Crippen molar-refractivity contribution < 1.29 is 4.39 Å². The maximum absolute atomic E-state index is 12.8. The van der Waals surface area contributed by atoms with Crippen LogP contribution < -0.4 is 16.6 Å². The van der Waals surface area contributed by atoms with Crippen LogP contribution in [0.1, 0.15) is 0 Å². The van der Waals surface area contributed by atoms with Crippen molar-refractivity contribution in [1.82, 2.24) is 5.43 Å². The first-order valence-corrected chi connectivity index (χ1v) is 3.26. The second-order valence-corrected chi connectivity index (χ2v) is 2.04.